The number of hydrogen-bond acceptors (Lipinski definition) is 2. The summed E-state index contributed by atoms with van der Waals surface area (Å²) in [5, 5.41) is 0.463. The second kappa shape index (κ2) is 4.31. The van der Waals surface area contributed by atoms with Gasteiger partial charge >= 0.3 is 4.87 Å². The van der Waals surface area contributed by atoms with Crippen molar-refractivity contribution in [1.29, 1.82) is 0 Å². The fourth-order valence-corrected chi connectivity index (χ4v) is 1.98. The molecule has 0 saturated heterocycles. The third kappa shape index (κ3) is 2.36. The minimum Gasteiger partial charge on any atom is -0.298 e. The van der Waals surface area contributed by atoms with E-state index in [1.807, 2.05) is 13.8 Å². The predicted molar refractivity (Wildman–Crippen MR) is 57.8 cm³/mol. The molecule has 1 heterocycles. The van der Waals surface area contributed by atoms with Crippen LogP contribution in [0.2, 0.25) is 0 Å². The highest BCUT2D eigenvalue weighted by Gasteiger charge is 2.07. The minimum absolute atomic E-state index is 0.00617. The second-order valence-electron chi connectivity index (χ2n) is 2.65. The van der Waals surface area contributed by atoms with Crippen LogP contribution in [0.3, 0.4) is 0 Å². The molecule has 13 heavy (non-hydrogen) atoms. The lowest BCUT2D eigenvalue weighted by Crippen LogP contribution is -2.14. The van der Waals surface area contributed by atoms with E-state index in [1.165, 1.54) is 16.9 Å². The van der Waals surface area contributed by atoms with Crippen LogP contribution in [0.1, 0.15) is 10.6 Å². The Hall–Kier alpha value is -0.250. The van der Waals surface area contributed by atoms with Gasteiger partial charge in [0.05, 0.1) is 6.54 Å². The van der Waals surface area contributed by atoms with Gasteiger partial charge in [-0.25, -0.2) is 0 Å². The maximum atomic E-state index is 11.4. The largest absolute Gasteiger partial charge is 0.307 e. The Morgan fingerprint density at radius 1 is 1.62 bits per heavy atom. The first-order valence-electron chi connectivity index (χ1n) is 3.68. The van der Waals surface area contributed by atoms with Gasteiger partial charge in [0.15, 0.2) is 0 Å². The molecule has 0 aliphatic heterocycles. The highest BCUT2D eigenvalue weighted by Crippen LogP contribution is 2.13. The highest BCUT2D eigenvalue weighted by molar-refractivity contribution is 7.09. The molecule has 0 spiro atoms. The third-order valence-electron chi connectivity index (χ3n) is 1.80. The number of allylic oxidation sites excluding steroid dienone is 1. The van der Waals surface area contributed by atoms with Crippen LogP contribution in [-0.2, 0) is 6.54 Å². The van der Waals surface area contributed by atoms with Crippen molar-refractivity contribution in [1.82, 2.24) is 4.57 Å². The van der Waals surface area contributed by atoms with Gasteiger partial charge in [-0.2, -0.15) is 0 Å². The molecule has 0 unspecified atom stereocenters. The van der Waals surface area contributed by atoms with E-state index in [-0.39, 0.29) is 4.87 Å². The molecule has 2 nitrogen and oxygen atoms in total. The first-order valence-corrected chi connectivity index (χ1v) is 5.31. The molecule has 0 amide bonds. The topological polar surface area (TPSA) is 22.0 Å². The molecular formula is C8H9Cl2NOS. The van der Waals surface area contributed by atoms with E-state index in [1.54, 1.807) is 4.57 Å². The van der Waals surface area contributed by atoms with Crippen molar-refractivity contribution in [2.75, 3.05) is 0 Å². The number of thiazole rings is 1. The maximum absolute atomic E-state index is 11.4. The summed E-state index contributed by atoms with van der Waals surface area (Å²) in [4.78, 5) is 12.4. The number of aryl methyl sites for hydroxylation is 1. The van der Waals surface area contributed by atoms with Crippen LogP contribution >= 0.6 is 34.5 Å². The Balaban J connectivity index is 3.08. The zero-order chi connectivity index (χ0) is 10.0. The van der Waals surface area contributed by atoms with Gasteiger partial charge in [-0.05, 0) is 13.8 Å². The Labute approximate surface area is 90.4 Å². The third-order valence-corrected chi connectivity index (χ3v) is 3.40. The van der Waals surface area contributed by atoms with Crippen molar-refractivity contribution in [3.8, 4) is 0 Å². The lowest BCUT2D eigenvalue weighted by Gasteiger charge is -2.02. The molecule has 0 aromatic carbocycles. The monoisotopic (exact) mass is 237 g/mol. The van der Waals surface area contributed by atoms with Crippen LogP contribution in [0, 0.1) is 13.8 Å². The summed E-state index contributed by atoms with van der Waals surface area (Å²) in [5.74, 6) is 0. The number of nitrogens with zero attached hydrogens (tertiary/aromatic N) is 1. The molecular weight excluding hydrogens is 229 g/mol. The fourth-order valence-electron chi connectivity index (χ4n) is 0.956. The van der Waals surface area contributed by atoms with E-state index in [0.717, 1.165) is 10.6 Å². The van der Waals surface area contributed by atoms with Gasteiger partial charge in [0.1, 0.15) is 0 Å². The Morgan fingerprint density at radius 2 is 2.23 bits per heavy atom. The molecule has 1 rings (SSSR count). The molecule has 0 saturated carbocycles. The fraction of sp³-hybridized carbons (Fsp3) is 0.375. The average molecular weight is 238 g/mol. The first-order chi connectivity index (χ1) is 6.06. The van der Waals surface area contributed by atoms with E-state index in [9.17, 15) is 4.79 Å². The van der Waals surface area contributed by atoms with E-state index < -0.39 is 0 Å². The van der Waals surface area contributed by atoms with E-state index in [4.69, 9.17) is 23.2 Å². The van der Waals surface area contributed by atoms with Crippen molar-refractivity contribution in [2.24, 2.45) is 0 Å². The normalized spacial score (nSPS) is 12.2. The molecule has 0 aliphatic carbocycles. The minimum atomic E-state index is 0.00617. The smallest absolute Gasteiger partial charge is 0.298 e. The summed E-state index contributed by atoms with van der Waals surface area (Å²) in [6.45, 7) is 4.17. The molecule has 0 aliphatic rings. The summed E-state index contributed by atoms with van der Waals surface area (Å²) in [5.41, 5.74) is 2.23. The molecule has 0 radical (unpaired) electrons. The van der Waals surface area contributed by atoms with E-state index in [0.29, 0.717) is 11.6 Å². The summed E-state index contributed by atoms with van der Waals surface area (Å²) >= 11 is 12.4. The van der Waals surface area contributed by atoms with Crippen molar-refractivity contribution in [3.63, 3.8) is 0 Å². The van der Waals surface area contributed by atoms with Crippen LogP contribution < -0.4 is 4.87 Å². The summed E-state index contributed by atoms with van der Waals surface area (Å²) in [7, 11) is 0. The van der Waals surface area contributed by atoms with Crippen LogP contribution in [0.15, 0.2) is 15.4 Å². The zero-order valence-corrected chi connectivity index (χ0v) is 9.63. The van der Waals surface area contributed by atoms with Crippen molar-refractivity contribution < 1.29 is 0 Å². The van der Waals surface area contributed by atoms with Crippen LogP contribution in [0.5, 0.6) is 0 Å². The second-order valence-corrected chi connectivity index (χ2v) is 4.52. The lowest BCUT2D eigenvalue weighted by molar-refractivity contribution is 0.762. The van der Waals surface area contributed by atoms with Gasteiger partial charge in [-0.1, -0.05) is 34.5 Å². The van der Waals surface area contributed by atoms with Crippen molar-refractivity contribution >= 4 is 34.5 Å². The molecule has 0 bridgehead atoms. The van der Waals surface area contributed by atoms with Gasteiger partial charge in [-0.15, -0.1) is 0 Å². The number of rotatable bonds is 2. The standard InChI is InChI=1S/C8H9Cl2NOS/c1-5-6(2)13-8(12)11(5)4-7(10)3-9/h3H,4H2,1-2H3/b7-3-. The van der Waals surface area contributed by atoms with Crippen molar-refractivity contribution in [3.05, 3.63) is 30.8 Å². The van der Waals surface area contributed by atoms with Gasteiger partial charge in [-0.3, -0.25) is 9.36 Å². The van der Waals surface area contributed by atoms with Crippen LogP contribution in [-0.4, -0.2) is 4.57 Å². The number of halogens is 2. The van der Waals surface area contributed by atoms with Crippen LogP contribution in [0.25, 0.3) is 0 Å². The Bertz CT molecular complexity index is 391. The number of hydrogen-bond donors (Lipinski definition) is 0. The molecule has 0 atom stereocenters. The molecule has 1 aromatic heterocycles. The Kier molecular flexibility index (Phi) is 3.59. The molecule has 5 heteroatoms. The molecule has 0 fully saturated rings. The predicted octanol–water partition coefficient (Wildman–Crippen LogP) is 2.85. The first kappa shape index (κ1) is 10.8. The summed E-state index contributed by atoms with van der Waals surface area (Å²) in [6, 6.07) is 0. The van der Waals surface area contributed by atoms with Crippen molar-refractivity contribution in [2.45, 2.75) is 20.4 Å². The van der Waals surface area contributed by atoms with Gasteiger partial charge in [0, 0.05) is 21.1 Å². The van der Waals surface area contributed by atoms with Gasteiger partial charge in [0.25, 0.3) is 0 Å². The van der Waals surface area contributed by atoms with E-state index >= 15 is 0 Å². The number of aromatic nitrogens is 1. The quantitative estimate of drug-likeness (QED) is 0.776. The summed E-state index contributed by atoms with van der Waals surface area (Å²) in [6.07, 6.45) is 0. The molecule has 1 aromatic rings. The maximum Gasteiger partial charge on any atom is 0.307 e. The molecule has 0 N–H and O–H groups in total. The van der Waals surface area contributed by atoms with Gasteiger partial charge in [0.2, 0.25) is 0 Å². The van der Waals surface area contributed by atoms with E-state index in [2.05, 4.69) is 0 Å². The molecule has 72 valence electrons. The summed E-state index contributed by atoms with van der Waals surface area (Å²) < 4.78 is 1.61. The van der Waals surface area contributed by atoms with Crippen LogP contribution in [0.4, 0.5) is 0 Å². The SMILES string of the molecule is Cc1sc(=O)n(C/C(Cl)=C/Cl)c1C. The highest BCUT2D eigenvalue weighted by atomic mass is 35.5. The lowest BCUT2D eigenvalue weighted by atomic mass is 10.4. The Morgan fingerprint density at radius 3 is 2.62 bits per heavy atom. The van der Waals surface area contributed by atoms with Gasteiger partial charge < -0.3 is 0 Å². The average Bonchev–Trinajstić information content (AvgIpc) is 2.32. The zero-order valence-electron chi connectivity index (χ0n) is 7.30.